The summed E-state index contributed by atoms with van der Waals surface area (Å²) in [5.41, 5.74) is 1.26. The molecule has 112 valence electrons. The second-order valence-electron chi connectivity index (χ2n) is 6.14. The molecule has 1 unspecified atom stereocenters. The largest absolute Gasteiger partial charge is 0.315 e. The molecule has 0 aliphatic carbocycles. The molecule has 0 saturated carbocycles. The quantitative estimate of drug-likeness (QED) is 0.879. The van der Waals surface area contributed by atoms with Crippen LogP contribution in [0, 0.1) is 5.82 Å². The van der Waals surface area contributed by atoms with E-state index in [1.165, 1.54) is 32.0 Å². The fourth-order valence-corrected chi connectivity index (χ4v) is 3.55. The lowest BCUT2D eigenvalue weighted by Crippen LogP contribution is -2.57. The van der Waals surface area contributed by atoms with Gasteiger partial charge in [0.05, 0.1) is 4.47 Å². The molecule has 0 bridgehead atoms. The van der Waals surface area contributed by atoms with Crippen LogP contribution in [-0.4, -0.2) is 36.6 Å². The molecule has 2 rings (SSSR count). The highest BCUT2D eigenvalue weighted by molar-refractivity contribution is 9.10. The molecule has 1 fully saturated rings. The first kappa shape index (κ1) is 15.9. The van der Waals surface area contributed by atoms with Crippen LogP contribution in [0.1, 0.15) is 32.3 Å². The van der Waals surface area contributed by atoms with Crippen LogP contribution in [0.25, 0.3) is 0 Å². The highest BCUT2D eigenvalue weighted by atomic mass is 79.9. The van der Waals surface area contributed by atoms with Crippen molar-refractivity contribution in [2.24, 2.45) is 0 Å². The number of benzene rings is 1. The van der Waals surface area contributed by atoms with E-state index >= 15 is 0 Å². The van der Waals surface area contributed by atoms with Gasteiger partial charge in [-0.1, -0.05) is 6.07 Å². The molecule has 1 N–H and O–H groups in total. The van der Waals surface area contributed by atoms with Crippen molar-refractivity contribution in [3.63, 3.8) is 0 Å². The summed E-state index contributed by atoms with van der Waals surface area (Å²) in [4.78, 5) is 2.56. The minimum absolute atomic E-state index is 0.103. The van der Waals surface area contributed by atoms with Crippen LogP contribution in [0.5, 0.6) is 0 Å². The Hall–Kier alpha value is -0.450. The molecule has 20 heavy (non-hydrogen) atoms. The van der Waals surface area contributed by atoms with Crippen LogP contribution in [-0.2, 0) is 6.42 Å². The van der Waals surface area contributed by atoms with Gasteiger partial charge in [-0.2, -0.15) is 0 Å². The minimum Gasteiger partial charge on any atom is -0.315 e. The Morgan fingerprint density at radius 2 is 2.00 bits per heavy atom. The lowest BCUT2D eigenvalue weighted by atomic mass is 9.88. The van der Waals surface area contributed by atoms with E-state index in [1.807, 2.05) is 19.2 Å². The number of nitrogens with zero attached hydrogens (tertiary/aromatic N) is 1. The van der Waals surface area contributed by atoms with Crippen molar-refractivity contribution >= 4 is 15.9 Å². The Labute approximate surface area is 129 Å². The van der Waals surface area contributed by atoms with E-state index in [1.54, 1.807) is 0 Å². The van der Waals surface area contributed by atoms with Gasteiger partial charge in [-0.3, -0.25) is 4.90 Å². The average Bonchev–Trinajstić information content (AvgIpc) is 2.94. The Morgan fingerprint density at radius 1 is 1.35 bits per heavy atom. The number of nitrogens with one attached hydrogen (secondary N) is 1. The summed E-state index contributed by atoms with van der Waals surface area (Å²) in [6.07, 6.45) is 3.49. The van der Waals surface area contributed by atoms with Gasteiger partial charge in [-0.25, -0.2) is 4.39 Å². The van der Waals surface area contributed by atoms with E-state index in [2.05, 4.69) is 40.0 Å². The molecular weight excluding hydrogens is 319 g/mol. The lowest BCUT2D eigenvalue weighted by molar-refractivity contribution is 0.110. The fraction of sp³-hybridized carbons (Fsp3) is 0.625. The predicted octanol–water partition coefficient (Wildman–Crippen LogP) is 3.59. The summed E-state index contributed by atoms with van der Waals surface area (Å²) in [6, 6.07) is 5.65. The summed E-state index contributed by atoms with van der Waals surface area (Å²) in [5, 5.41) is 3.45. The van der Waals surface area contributed by atoms with Crippen LogP contribution >= 0.6 is 15.9 Å². The van der Waals surface area contributed by atoms with Crippen molar-refractivity contribution in [3.8, 4) is 0 Å². The van der Waals surface area contributed by atoms with Crippen molar-refractivity contribution in [2.45, 2.75) is 44.7 Å². The standard InChI is InChI=1S/C16H24BrFN2/c1-16(2,20-8-4-5-9-20)15(19-3)11-12-6-7-14(18)13(17)10-12/h6-7,10,15,19H,4-5,8-9,11H2,1-3H3. The van der Waals surface area contributed by atoms with Gasteiger partial charge < -0.3 is 5.32 Å². The molecule has 0 radical (unpaired) electrons. The molecule has 1 heterocycles. The van der Waals surface area contributed by atoms with Gasteiger partial charge in [0.15, 0.2) is 0 Å². The first-order valence-corrected chi connectivity index (χ1v) is 8.10. The second-order valence-corrected chi connectivity index (χ2v) is 7.00. The van der Waals surface area contributed by atoms with Crippen molar-refractivity contribution in [1.82, 2.24) is 10.2 Å². The van der Waals surface area contributed by atoms with Crippen LogP contribution < -0.4 is 5.32 Å². The van der Waals surface area contributed by atoms with Gasteiger partial charge in [0.1, 0.15) is 5.82 Å². The van der Waals surface area contributed by atoms with Crippen molar-refractivity contribution < 1.29 is 4.39 Å². The van der Waals surface area contributed by atoms with Gasteiger partial charge in [-0.15, -0.1) is 0 Å². The van der Waals surface area contributed by atoms with Crippen LogP contribution in [0.15, 0.2) is 22.7 Å². The third-order valence-electron chi connectivity index (χ3n) is 4.55. The van der Waals surface area contributed by atoms with E-state index in [9.17, 15) is 4.39 Å². The van der Waals surface area contributed by atoms with E-state index in [0.29, 0.717) is 10.5 Å². The zero-order chi connectivity index (χ0) is 14.8. The van der Waals surface area contributed by atoms with E-state index < -0.39 is 0 Å². The Bertz CT molecular complexity index is 456. The van der Waals surface area contributed by atoms with Gasteiger partial charge in [0.25, 0.3) is 0 Å². The molecule has 0 spiro atoms. The number of hydrogen-bond donors (Lipinski definition) is 1. The molecular formula is C16H24BrFN2. The summed E-state index contributed by atoms with van der Waals surface area (Å²) >= 11 is 3.27. The Morgan fingerprint density at radius 3 is 2.55 bits per heavy atom. The Kier molecular flexibility index (Phi) is 5.21. The monoisotopic (exact) mass is 342 g/mol. The number of likely N-dealkylation sites (N-methyl/N-ethyl adjacent to an activating group) is 1. The summed E-state index contributed by atoms with van der Waals surface area (Å²) < 4.78 is 13.9. The summed E-state index contributed by atoms with van der Waals surface area (Å²) in [6.45, 7) is 6.96. The SMILES string of the molecule is CNC(Cc1ccc(F)c(Br)c1)C(C)(C)N1CCCC1. The normalized spacial score (nSPS) is 18.4. The minimum atomic E-state index is -0.200. The maximum Gasteiger partial charge on any atom is 0.137 e. The first-order chi connectivity index (χ1) is 9.45. The maximum atomic E-state index is 13.3. The van der Waals surface area contributed by atoms with Gasteiger partial charge in [-0.05, 0) is 86.9 Å². The smallest absolute Gasteiger partial charge is 0.137 e. The summed E-state index contributed by atoms with van der Waals surface area (Å²) in [5.74, 6) is -0.200. The highest BCUT2D eigenvalue weighted by Crippen LogP contribution is 2.27. The zero-order valence-corrected chi connectivity index (χ0v) is 14.1. The van der Waals surface area contributed by atoms with Crippen LogP contribution in [0.2, 0.25) is 0 Å². The van der Waals surface area contributed by atoms with E-state index in [0.717, 1.165) is 12.0 Å². The number of halogens is 2. The molecule has 1 atom stereocenters. The van der Waals surface area contributed by atoms with Gasteiger partial charge in [0.2, 0.25) is 0 Å². The second kappa shape index (κ2) is 6.54. The molecule has 1 aromatic carbocycles. The number of hydrogen-bond acceptors (Lipinski definition) is 2. The average molecular weight is 343 g/mol. The van der Waals surface area contributed by atoms with Gasteiger partial charge in [0, 0.05) is 11.6 Å². The van der Waals surface area contributed by atoms with Crippen LogP contribution in [0.4, 0.5) is 4.39 Å². The third kappa shape index (κ3) is 3.41. The van der Waals surface area contributed by atoms with Crippen LogP contribution in [0.3, 0.4) is 0 Å². The number of rotatable bonds is 5. The van der Waals surface area contributed by atoms with E-state index in [4.69, 9.17) is 0 Å². The summed E-state index contributed by atoms with van der Waals surface area (Å²) in [7, 11) is 2.01. The third-order valence-corrected chi connectivity index (χ3v) is 5.15. The Balaban J connectivity index is 2.13. The fourth-order valence-electron chi connectivity index (χ4n) is 3.12. The van der Waals surface area contributed by atoms with Crippen molar-refractivity contribution in [2.75, 3.05) is 20.1 Å². The maximum absolute atomic E-state index is 13.3. The van der Waals surface area contributed by atoms with Crippen molar-refractivity contribution in [3.05, 3.63) is 34.1 Å². The molecule has 1 saturated heterocycles. The predicted molar refractivity (Wildman–Crippen MR) is 85.5 cm³/mol. The number of likely N-dealkylation sites (tertiary alicyclic amines) is 1. The molecule has 4 heteroatoms. The lowest BCUT2D eigenvalue weighted by Gasteiger charge is -2.42. The molecule has 0 amide bonds. The van der Waals surface area contributed by atoms with Crippen molar-refractivity contribution in [1.29, 1.82) is 0 Å². The zero-order valence-electron chi connectivity index (χ0n) is 12.5. The molecule has 1 aliphatic rings. The molecule has 1 aliphatic heterocycles. The molecule has 1 aromatic rings. The topological polar surface area (TPSA) is 15.3 Å². The van der Waals surface area contributed by atoms with Gasteiger partial charge >= 0.3 is 0 Å². The first-order valence-electron chi connectivity index (χ1n) is 7.31. The molecule has 2 nitrogen and oxygen atoms in total. The van der Waals surface area contributed by atoms with E-state index in [-0.39, 0.29) is 11.4 Å². The highest BCUT2D eigenvalue weighted by Gasteiger charge is 2.35. The molecule has 0 aromatic heterocycles.